The van der Waals surface area contributed by atoms with Crippen LogP contribution in [0.15, 0.2) is 11.4 Å². The number of aliphatic hydroxyl groups excluding tert-OH is 1. The van der Waals surface area contributed by atoms with Crippen molar-refractivity contribution in [2.24, 2.45) is 0 Å². The summed E-state index contributed by atoms with van der Waals surface area (Å²) in [7, 11) is 0. The van der Waals surface area contributed by atoms with Gasteiger partial charge in [0.1, 0.15) is 0 Å². The summed E-state index contributed by atoms with van der Waals surface area (Å²) < 4.78 is 0. The Morgan fingerprint density at radius 1 is 1.60 bits per heavy atom. The van der Waals surface area contributed by atoms with Gasteiger partial charge in [0.25, 0.3) is 5.91 Å². The number of carbonyl (C=O) groups is 2. The van der Waals surface area contributed by atoms with Gasteiger partial charge in [0.2, 0.25) is 5.91 Å². The largest absolute Gasteiger partial charge is 0.395 e. The molecule has 0 aromatic carbocycles. The monoisotopic (exact) mass is 292 g/mol. The quantitative estimate of drug-likeness (QED) is 0.707. The maximum absolute atomic E-state index is 11.9. The van der Waals surface area contributed by atoms with Crippen LogP contribution in [0.5, 0.6) is 0 Å². The van der Waals surface area contributed by atoms with Gasteiger partial charge in [-0.25, -0.2) is 0 Å². The molecule has 1 atom stereocenters. The maximum Gasteiger partial charge on any atom is 0.252 e. The van der Waals surface area contributed by atoms with Crippen LogP contribution in [0.3, 0.4) is 0 Å². The van der Waals surface area contributed by atoms with Crippen LogP contribution in [-0.2, 0) is 4.79 Å². The van der Waals surface area contributed by atoms with Gasteiger partial charge in [-0.1, -0.05) is 11.8 Å². The lowest BCUT2D eigenvalue weighted by Crippen LogP contribution is -2.38. The maximum atomic E-state index is 11.9. The molecule has 3 N–H and O–H groups in total. The molecule has 2 amide bonds. The molecule has 106 valence electrons. The van der Waals surface area contributed by atoms with Gasteiger partial charge in [0, 0.05) is 30.8 Å². The molecule has 1 saturated heterocycles. The second-order valence-electron chi connectivity index (χ2n) is 4.49. The highest BCUT2D eigenvalue weighted by atomic mass is 32.1. The molecule has 0 aliphatic carbocycles. The molecular weight excluding hydrogens is 276 g/mol. The molecule has 5 nitrogen and oxygen atoms in total. The van der Waals surface area contributed by atoms with Gasteiger partial charge in [-0.2, -0.15) is 0 Å². The summed E-state index contributed by atoms with van der Waals surface area (Å²) in [4.78, 5) is 23.8. The van der Waals surface area contributed by atoms with E-state index in [0.29, 0.717) is 24.9 Å². The molecule has 1 aliphatic heterocycles. The lowest BCUT2D eigenvalue weighted by molar-refractivity contribution is -0.119. The number of carbonyl (C=O) groups excluding carboxylic acids is 2. The molecule has 0 radical (unpaired) electrons. The Labute approximate surface area is 121 Å². The summed E-state index contributed by atoms with van der Waals surface area (Å²) in [5, 5.41) is 16.0. The van der Waals surface area contributed by atoms with E-state index in [4.69, 9.17) is 5.11 Å². The third-order valence-corrected chi connectivity index (χ3v) is 3.75. The Morgan fingerprint density at radius 3 is 3.15 bits per heavy atom. The Bertz CT molecular complexity index is 556. The summed E-state index contributed by atoms with van der Waals surface area (Å²) in [5.41, 5.74) is 0.577. The van der Waals surface area contributed by atoms with Gasteiger partial charge in [-0.05, 0) is 12.5 Å². The smallest absolute Gasteiger partial charge is 0.252 e. The van der Waals surface area contributed by atoms with E-state index in [1.165, 1.54) is 11.3 Å². The molecule has 6 heteroatoms. The first kappa shape index (κ1) is 14.6. The third-order valence-electron chi connectivity index (χ3n) is 2.90. The van der Waals surface area contributed by atoms with Crippen molar-refractivity contribution in [1.29, 1.82) is 0 Å². The van der Waals surface area contributed by atoms with E-state index in [1.54, 1.807) is 11.4 Å². The molecule has 20 heavy (non-hydrogen) atoms. The average Bonchev–Trinajstić information content (AvgIpc) is 3.06. The number of aliphatic hydroxyl groups is 1. The highest BCUT2D eigenvalue weighted by Crippen LogP contribution is 2.13. The minimum atomic E-state index is -0.155. The van der Waals surface area contributed by atoms with E-state index < -0.39 is 0 Å². The summed E-state index contributed by atoms with van der Waals surface area (Å²) in [6.07, 6.45) is 1.73. The Balaban J connectivity index is 1.83. The topological polar surface area (TPSA) is 78.4 Å². The van der Waals surface area contributed by atoms with Gasteiger partial charge in [0.15, 0.2) is 0 Å². The van der Waals surface area contributed by atoms with Crippen LogP contribution in [0.1, 0.15) is 34.5 Å². The first-order valence-corrected chi connectivity index (χ1v) is 7.33. The van der Waals surface area contributed by atoms with Crippen LogP contribution in [0, 0.1) is 11.8 Å². The van der Waals surface area contributed by atoms with Gasteiger partial charge in [0.05, 0.1) is 17.0 Å². The minimum Gasteiger partial charge on any atom is -0.395 e. The Kier molecular flexibility index (Phi) is 5.16. The number of thiophene rings is 1. The number of rotatable bonds is 4. The zero-order valence-corrected chi connectivity index (χ0v) is 11.8. The van der Waals surface area contributed by atoms with Gasteiger partial charge >= 0.3 is 0 Å². The van der Waals surface area contributed by atoms with E-state index in [2.05, 4.69) is 22.5 Å². The van der Waals surface area contributed by atoms with Crippen LogP contribution in [0.25, 0.3) is 0 Å². The van der Waals surface area contributed by atoms with Crippen molar-refractivity contribution in [2.75, 3.05) is 13.2 Å². The summed E-state index contributed by atoms with van der Waals surface area (Å²) in [6, 6.07) is 1.77. The van der Waals surface area contributed by atoms with Gasteiger partial charge < -0.3 is 15.7 Å². The zero-order chi connectivity index (χ0) is 14.4. The second kappa shape index (κ2) is 7.08. The SMILES string of the molecule is O=C1CCC(CNC(=O)c2csc(C#CCCO)c2)N1. The molecule has 1 fully saturated rings. The van der Waals surface area contributed by atoms with Crippen molar-refractivity contribution in [3.63, 3.8) is 0 Å². The summed E-state index contributed by atoms with van der Waals surface area (Å²) in [6.45, 7) is 0.491. The molecule has 2 heterocycles. The number of hydrogen-bond acceptors (Lipinski definition) is 4. The first-order chi connectivity index (χ1) is 9.69. The van der Waals surface area contributed by atoms with E-state index in [-0.39, 0.29) is 24.5 Å². The number of amides is 2. The third kappa shape index (κ3) is 4.08. The van der Waals surface area contributed by atoms with Gasteiger partial charge in [-0.15, -0.1) is 11.3 Å². The minimum absolute atomic E-state index is 0.0360. The van der Waals surface area contributed by atoms with Crippen molar-refractivity contribution < 1.29 is 14.7 Å². The first-order valence-electron chi connectivity index (χ1n) is 6.45. The molecule has 2 rings (SSSR count). The fourth-order valence-corrected chi connectivity index (χ4v) is 2.63. The van der Waals surface area contributed by atoms with Crippen molar-refractivity contribution >= 4 is 23.2 Å². The van der Waals surface area contributed by atoms with Gasteiger partial charge in [-0.3, -0.25) is 9.59 Å². The van der Waals surface area contributed by atoms with Crippen LogP contribution in [-0.4, -0.2) is 36.1 Å². The van der Waals surface area contributed by atoms with Crippen LogP contribution in [0.4, 0.5) is 0 Å². The van der Waals surface area contributed by atoms with Crippen molar-refractivity contribution in [3.05, 3.63) is 21.9 Å². The molecule has 0 saturated carbocycles. The molecule has 0 bridgehead atoms. The molecule has 1 unspecified atom stereocenters. The lowest BCUT2D eigenvalue weighted by atomic mass is 10.2. The van der Waals surface area contributed by atoms with Crippen molar-refractivity contribution in [2.45, 2.75) is 25.3 Å². The molecule has 0 spiro atoms. The Hall–Kier alpha value is -1.84. The van der Waals surface area contributed by atoms with E-state index in [0.717, 1.165) is 11.3 Å². The van der Waals surface area contributed by atoms with Crippen LogP contribution < -0.4 is 10.6 Å². The molecular formula is C14H16N2O3S. The van der Waals surface area contributed by atoms with E-state index in [1.807, 2.05) is 0 Å². The summed E-state index contributed by atoms with van der Waals surface area (Å²) >= 11 is 1.40. The summed E-state index contributed by atoms with van der Waals surface area (Å²) in [5.74, 6) is 5.60. The fourth-order valence-electron chi connectivity index (χ4n) is 1.87. The zero-order valence-electron chi connectivity index (χ0n) is 10.9. The van der Waals surface area contributed by atoms with Crippen LogP contribution in [0.2, 0.25) is 0 Å². The average molecular weight is 292 g/mol. The molecule has 1 aliphatic rings. The highest BCUT2D eigenvalue weighted by molar-refractivity contribution is 7.10. The number of nitrogens with one attached hydrogen (secondary N) is 2. The lowest BCUT2D eigenvalue weighted by Gasteiger charge is -2.10. The Morgan fingerprint density at radius 2 is 2.45 bits per heavy atom. The predicted molar refractivity (Wildman–Crippen MR) is 76.4 cm³/mol. The standard InChI is InChI=1S/C14H16N2O3S/c17-6-2-1-3-12-7-10(9-20-12)14(19)15-8-11-4-5-13(18)16-11/h7,9,11,17H,2,4-6,8H2,(H,15,19)(H,16,18). The fraction of sp³-hybridized carbons (Fsp3) is 0.429. The molecule has 1 aromatic rings. The van der Waals surface area contributed by atoms with E-state index >= 15 is 0 Å². The van der Waals surface area contributed by atoms with Crippen LogP contribution >= 0.6 is 11.3 Å². The van der Waals surface area contributed by atoms with Crippen molar-refractivity contribution in [1.82, 2.24) is 10.6 Å². The van der Waals surface area contributed by atoms with E-state index in [9.17, 15) is 9.59 Å². The predicted octanol–water partition coefficient (Wildman–Crippen LogP) is 0.490. The normalized spacial score (nSPS) is 17.2. The second-order valence-corrected chi connectivity index (χ2v) is 5.40. The highest BCUT2D eigenvalue weighted by Gasteiger charge is 2.21. The number of hydrogen-bond donors (Lipinski definition) is 3. The molecule has 1 aromatic heterocycles. The van der Waals surface area contributed by atoms with Crippen molar-refractivity contribution in [3.8, 4) is 11.8 Å².